The lowest BCUT2D eigenvalue weighted by Crippen LogP contribution is -2.35. The number of H-pyrrole nitrogens is 1. The summed E-state index contributed by atoms with van der Waals surface area (Å²) >= 11 is 0. The number of rotatable bonds is 3. The summed E-state index contributed by atoms with van der Waals surface area (Å²) in [6.45, 7) is 2.02. The number of allylic oxidation sites excluding steroid dienone is 4. The Morgan fingerprint density at radius 1 is 1.35 bits per heavy atom. The summed E-state index contributed by atoms with van der Waals surface area (Å²) in [7, 11) is 0. The molecule has 0 aliphatic heterocycles. The Bertz CT molecular complexity index is 393. The molecule has 0 radical (unpaired) electrons. The van der Waals surface area contributed by atoms with Gasteiger partial charge >= 0.3 is 0 Å². The molecule has 1 saturated carbocycles. The van der Waals surface area contributed by atoms with Crippen LogP contribution in [0.25, 0.3) is 0 Å². The maximum atomic E-state index is 6.35. The van der Waals surface area contributed by atoms with Crippen LogP contribution in [0, 0.1) is 0 Å². The van der Waals surface area contributed by atoms with Crippen molar-refractivity contribution in [2.75, 3.05) is 0 Å². The van der Waals surface area contributed by atoms with Crippen molar-refractivity contribution in [2.24, 2.45) is 5.73 Å². The van der Waals surface area contributed by atoms with Crippen molar-refractivity contribution in [3.63, 3.8) is 0 Å². The molecule has 1 heterocycles. The first-order valence-corrected chi connectivity index (χ1v) is 6.52. The SMILES string of the molecule is C/C=C\C=C(/N)C1(c2ccc[nH]2)CCCCC1. The van der Waals surface area contributed by atoms with Crippen LogP contribution in [-0.4, -0.2) is 4.98 Å². The van der Waals surface area contributed by atoms with Gasteiger partial charge in [0.2, 0.25) is 0 Å². The Morgan fingerprint density at radius 2 is 2.12 bits per heavy atom. The van der Waals surface area contributed by atoms with Gasteiger partial charge in [0.05, 0.1) is 0 Å². The molecule has 1 aromatic heterocycles. The molecule has 2 heteroatoms. The van der Waals surface area contributed by atoms with E-state index in [0.29, 0.717) is 0 Å². The van der Waals surface area contributed by atoms with Crippen molar-refractivity contribution in [2.45, 2.75) is 44.4 Å². The van der Waals surface area contributed by atoms with E-state index in [-0.39, 0.29) is 5.41 Å². The van der Waals surface area contributed by atoms with Gasteiger partial charge in [-0.25, -0.2) is 0 Å². The van der Waals surface area contributed by atoms with E-state index in [2.05, 4.69) is 23.2 Å². The second kappa shape index (κ2) is 5.26. The summed E-state index contributed by atoms with van der Waals surface area (Å²) < 4.78 is 0. The van der Waals surface area contributed by atoms with E-state index in [1.807, 2.05) is 25.3 Å². The van der Waals surface area contributed by atoms with Gasteiger partial charge in [0.1, 0.15) is 0 Å². The van der Waals surface area contributed by atoms with Gasteiger partial charge in [0.15, 0.2) is 0 Å². The lowest BCUT2D eigenvalue weighted by Gasteiger charge is -2.37. The minimum absolute atomic E-state index is 0.0429. The zero-order chi connectivity index (χ0) is 12.1. The molecule has 1 aromatic rings. The van der Waals surface area contributed by atoms with Crippen LogP contribution in [0.4, 0.5) is 0 Å². The monoisotopic (exact) mass is 230 g/mol. The van der Waals surface area contributed by atoms with Crippen LogP contribution in [-0.2, 0) is 5.41 Å². The van der Waals surface area contributed by atoms with Gasteiger partial charge in [-0.2, -0.15) is 0 Å². The molecule has 0 unspecified atom stereocenters. The molecule has 2 rings (SSSR count). The fourth-order valence-electron chi connectivity index (χ4n) is 2.86. The molecule has 17 heavy (non-hydrogen) atoms. The fourth-order valence-corrected chi connectivity index (χ4v) is 2.86. The van der Waals surface area contributed by atoms with Crippen LogP contribution < -0.4 is 5.73 Å². The largest absolute Gasteiger partial charge is 0.401 e. The first-order valence-electron chi connectivity index (χ1n) is 6.52. The summed E-state index contributed by atoms with van der Waals surface area (Å²) in [4.78, 5) is 3.36. The number of nitrogens with two attached hydrogens (primary N) is 1. The predicted molar refractivity (Wildman–Crippen MR) is 72.6 cm³/mol. The number of hydrogen-bond acceptors (Lipinski definition) is 1. The molecule has 0 bridgehead atoms. The summed E-state index contributed by atoms with van der Waals surface area (Å²) in [5.41, 5.74) is 8.66. The lowest BCUT2D eigenvalue weighted by atomic mass is 9.69. The average Bonchev–Trinajstić information content (AvgIpc) is 2.91. The quantitative estimate of drug-likeness (QED) is 0.765. The molecule has 1 aliphatic rings. The van der Waals surface area contributed by atoms with E-state index in [4.69, 9.17) is 5.73 Å². The van der Waals surface area contributed by atoms with Gasteiger partial charge in [-0.1, -0.05) is 31.4 Å². The third-order valence-electron chi connectivity index (χ3n) is 3.84. The number of aromatic amines is 1. The van der Waals surface area contributed by atoms with Gasteiger partial charge in [-0.05, 0) is 38.0 Å². The molecule has 0 saturated heterocycles. The maximum absolute atomic E-state index is 6.35. The molecule has 1 aliphatic carbocycles. The number of hydrogen-bond donors (Lipinski definition) is 2. The Kier molecular flexibility index (Phi) is 3.72. The van der Waals surface area contributed by atoms with Crippen LogP contribution >= 0.6 is 0 Å². The molecular weight excluding hydrogens is 208 g/mol. The van der Waals surface area contributed by atoms with E-state index in [1.165, 1.54) is 25.0 Å². The highest BCUT2D eigenvalue weighted by molar-refractivity contribution is 5.33. The molecule has 0 aromatic carbocycles. The number of aromatic nitrogens is 1. The van der Waals surface area contributed by atoms with E-state index < -0.39 is 0 Å². The standard InChI is InChI=1S/C15H22N2/c1-2-3-8-13(16)15(10-5-4-6-11-15)14-9-7-12-17-14/h2-3,7-9,12,17H,4-6,10-11,16H2,1H3/b3-2-,13-8-. The van der Waals surface area contributed by atoms with E-state index >= 15 is 0 Å². The normalized spacial score (nSPS) is 20.9. The summed E-state index contributed by atoms with van der Waals surface area (Å²) in [6.07, 6.45) is 14.3. The number of nitrogens with one attached hydrogen (secondary N) is 1. The Labute approximate surface area is 104 Å². The highest BCUT2D eigenvalue weighted by Crippen LogP contribution is 2.42. The van der Waals surface area contributed by atoms with Crippen molar-refractivity contribution in [3.8, 4) is 0 Å². The summed E-state index contributed by atoms with van der Waals surface area (Å²) in [5, 5.41) is 0. The topological polar surface area (TPSA) is 41.8 Å². The second-order valence-corrected chi connectivity index (χ2v) is 4.87. The van der Waals surface area contributed by atoms with Crippen LogP contribution in [0.1, 0.15) is 44.7 Å². The van der Waals surface area contributed by atoms with Gasteiger partial charge < -0.3 is 10.7 Å². The van der Waals surface area contributed by atoms with Crippen molar-refractivity contribution in [1.82, 2.24) is 4.98 Å². The smallest absolute Gasteiger partial charge is 0.0498 e. The second-order valence-electron chi connectivity index (χ2n) is 4.87. The highest BCUT2D eigenvalue weighted by Gasteiger charge is 2.36. The Morgan fingerprint density at radius 3 is 2.71 bits per heavy atom. The minimum atomic E-state index is 0.0429. The van der Waals surface area contributed by atoms with Gasteiger partial charge in [-0.15, -0.1) is 0 Å². The van der Waals surface area contributed by atoms with Crippen molar-refractivity contribution in [3.05, 3.63) is 47.9 Å². The van der Waals surface area contributed by atoms with E-state index in [1.54, 1.807) is 0 Å². The first kappa shape index (κ1) is 12.0. The maximum Gasteiger partial charge on any atom is 0.0498 e. The third-order valence-corrected chi connectivity index (χ3v) is 3.84. The van der Waals surface area contributed by atoms with Crippen molar-refractivity contribution in [1.29, 1.82) is 0 Å². The predicted octanol–water partition coefficient (Wildman–Crippen LogP) is 3.64. The zero-order valence-corrected chi connectivity index (χ0v) is 10.6. The molecule has 0 spiro atoms. The van der Waals surface area contributed by atoms with E-state index in [0.717, 1.165) is 18.5 Å². The molecule has 0 amide bonds. The summed E-state index contributed by atoms with van der Waals surface area (Å²) in [5.74, 6) is 0. The van der Waals surface area contributed by atoms with Gasteiger partial charge in [0.25, 0.3) is 0 Å². The zero-order valence-electron chi connectivity index (χ0n) is 10.6. The van der Waals surface area contributed by atoms with E-state index in [9.17, 15) is 0 Å². The molecular formula is C15H22N2. The average molecular weight is 230 g/mol. The molecule has 1 fully saturated rings. The Balaban J connectivity index is 2.36. The molecule has 0 atom stereocenters. The third kappa shape index (κ3) is 2.31. The van der Waals surface area contributed by atoms with Gasteiger partial charge in [-0.3, -0.25) is 0 Å². The molecule has 92 valence electrons. The van der Waals surface area contributed by atoms with Gasteiger partial charge in [0, 0.05) is 23.0 Å². The minimum Gasteiger partial charge on any atom is -0.401 e. The van der Waals surface area contributed by atoms with Crippen LogP contribution in [0.5, 0.6) is 0 Å². The fraction of sp³-hybridized carbons (Fsp3) is 0.467. The summed E-state index contributed by atoms with van der Waals surface area (Å²) in [6, 6.07) is 4.23. The Hall–Kier alpha value is -1.44. The van der Waals surface area contributed by atoms with Crippen molar-refractivity contribution >= 4 is 0 Å². The molecule has 2 nitrogen and oxygen atoms in total. The van der Waals surface area contributed by atoms with Crippen LogP contribution in [0.15, 0.2) is 42.3 Å². The highest BCUT2D eigenvalue weighted by atomic mass is 14.8. The van der Waals surface area contributed by atoms with Crippen LogP contribution in [0.2, 0.25) is 0 Å². The lowest BCUT2D eigenvalue weighted by molar-refractivity contribution is 0.331. The molecule has 3 N–H and O–H groups in total. The van der Waals surface area contributed by atoms with Crippen LogP contribution in [0.3, 0.4) is 0 Å². The van der Waals surface area contributed by atoms with Crippen molar-refractivity contribution < 1.29 is 0 Å². The first-order chi connectivity index (χ1) is 8.29.